The van der Waals surface area contributed by atoms with Gasteiger partial charge in [0.1, 0.15) is 0 Å². The highest BCUT2D eigenvalue weighted by Crippen LogP contribution is 2.27. The van der Waals surface area contributed by atoms with Crippen molar-refractivity contribution < 1.29 is 0 Å². The van der Waals surface area contributed by atoms with Gasteiger partial charge in [-0.15, -0.1) is 0 Å². The van der Waals surface area contributed by atoms with Crippen molar-refractivity contribution in [3.05, 3.63) is 45.7 Å². The lowest BCUT2D eigenvalue weighted by molar-refractivity contribution is 0.746. The van der Waals surface area contributed by atoms with Crippen LogP contribution in [0.25, 0.3) is 11.4 Å². The molecule has 0 unspecified atom stereocenters. The maximum Gasteiger partial charge on any atom is 0.159 e. The number of nitrogens with one attached hydrogen (secondary N) is 1. The molecule has 2 heterocycles. The van der Waals surface area contributed by atoms with E-state index in [0.29, 0.717) is 5.92 Å². The Hall–Kier alpha value is -1.26. The number of fused-ring (bicyclic) bond motifs is 1. The third-order valence-electron chi connectivity index (χ3n) is 3.35. The van der Waals surface area contributed by atoms with Crippen LogP contribution in [0.2, 0.25) is 0 Å². The zero-order valence-electron chi connectivity index (χ0n) is 11.1. The van der Waals surface area contributed by atoms with Crippen LogP contribution in [-0.2, 0) is 13.1 Å². The summed E-state index contributed by atoms with van der Waals surface area (Å²) in [5, 5.41) is 3.36. The van der Waals surface area contributed by atoms with Crippen LogP contribution in [0.1, 0.15) is 36.7 Å². The Balaban J connectivity index is 2.15. The van der Waals surface area contributed by atoms with Crippen LogP contribution in [-0.4, -0.2) is 9.97 Å². The second-order valence-corrected chi connectivity index (χ2v) is 6.04. The van der Waals surface area contributed by atoms with Crippen molar-refractivity contribution in [2.45, 2.75) is 32.9 Å². The number of hydrogen-bond acceptors (Lipinski definition) is 3. The van der Waals surface area contributed by atoms with Crippen molar-refractivity contribution in [3.63, 3.8) is 0 Å². The van der Waals surface area contributed by atoms with E-state index in [1.165, 1.54) is 11.3 Å². The fourth-order valence-corrected chi connectivity index (χ4v) is 2.83. The van der Waals surface area contributed by atoms with Crippen LogP contribution in [0.15, 0.2) is 28.7 Å². The molecule has 0 aliphatic carbocycles. The van der Waals surface area contributed by atoms with Crippen LogP contribution >= 0.6 is 15.9 Å². The summed E-state index contributed by atoms with van der Waals surface area (Å²) >= 11 is 3.50. The van der Waals surface area contributed by atoms with E-state index in [4.69, 9.17) is 9.97 Å². The number of rotatable bonds is 2. The molecule has 19 heavy (non-hydrogen) atoms. The SMILES string of the molecule is CC(C)c1nc(-c2cccc(Br)c2)nc2c1CNC2. The van der Waals surface area contributed by atoms with Gasteiger partial charge in [-0.25, -0.2) is 9.97 Å². The molecule has 0 spiro atoms. The van der Waals surface area contributed by atoms with Crippen LogP contribution in [0.5, 0.6) is 0 Å². The highest BCUT2D eigenvalue weighted by molar-refractivity contribution is 9.10. The van der Waals surface area contributed by atoms with E-state index >= 15 is 0 Å². The quantitative estimate of drug-likeness (QED) is 0.919. The van der Waals surface area contributed by atoms with E-state index in [-0.39, 0.29) is 0 Å². The van der Waals surface area contributed by atoms with Crippen molar-refractivity contribution in [1.29, 1.82) is 0 Å². The molecule has 1 N–H and O–H groups in total. The first-order valence-corrected chi connectivity index (χ1v) is 7.31. The van der Waals surface area contributed by atoms with Gasteiger partial charge in [0.2, 0.25) is 0 Å². The Morgan fingerprint density at radius 3 is 2.79 bits per heavy atom. The lowest BCUT2D eigenvalue weighted by Crippen LogP contribution is -2.05. The van der Waals surface area contributed by atoms with Crippen LogP contribution < -0.4 is 5.32 Å². The summed E-state index contributed by atoms with van der Waals surface area (Å²) in [6.45, 7) is 6.11. The van der Waals surface area contributed by atoms with E-state index in [2.05, 4.69) is 47.2 Å². The normalized spacial score (nSPS) is 13.9. The fourth-order valence-electron chi connectivity index (χ4n) is 2.43. The molecule has 3 nitrogen and oxygen atoms in total. The highest BCUT2D eigenvalue weighted by atomic mass is 79.9. The second-order valence-electron chi connectivity index (χ2n) is 5.13. The molecular weight excluding hydrogens is 302 g/mol. The molecule has 2 aromatic rings. The summed E-state index contributed by atoms with van der Waals surface area (Å²) in [4.78, 5) is 9.50. The molecule has 0 bridgehead atoms. The monoisotopic (exact) mass is 317 g/mol. The number of halogens is 1. The molecule has 1 aromatic heterocycles. The van der Waals surface area contributed by atoms with Gasteiger partial charge in [-0.05, 0) is 18.1 Å². The van der Waals surface area contributed by atoms with E-state index in [0.717, 1.165) is 34.6 Å². The lowest BCUT2D eigenvalue weighted by Gasteiger charge is -2.12. The van der Waals surface area contributed by atoms with Gasteiger partial charge in [0.15, 0.2) is 5.82 Å². The Bertz CT molecular complexity index is 623. The molecule has 3 rings (SSSR count). The zero-order chi connectivity index (χ0) is 13.4. The molecule has 98 valence electrons. The minimum absolute atomic E-state index is 0.419. The molecule has 1 aliphatic rings. The van der Waals surface area contributed by atoms with Gasteiger partial charge in [0.25, 0.3) is 0 Å². The maximum absolute atomic E-state index is 4.78. The lowest BCUT2D eigenvalue weighted by atomic mass is 10.0. The number of benzene rings is 1. The molecule has 0 radical (unpaired) electrons. The van der Waals surface area contributed by atoms with Crippen molar-refractivity contribution in [2.24, 2.45) is 0 Å². The summed E-state index contributed by atoms with van der Waals surface area (Å²) in [7, 11) is 0. The summed E-state index contributed by atoms with van der Waals surface area (Å²) in [6.07, 6.45) is 0. The van der Waals surface area contributed by atoms with E-state index in [1.54, 1.807) is 0 Å². The summed E-state index contributed by atoms with van der Waals surface area (Å²) < 4.78 is 1.05. The molecule has 4 heteroatoms. The van der Waals surface area contributed by atoms with Crippen LogP contribution in [0.3, 0.4) is 0 Å². The predicted molar refractivity (Wildman–Crippen MR) is 79.8 cm³/mol. The number of aromatic nitrogens is 2. The van der Waals surface area contributed by atoms with Gasteiger partial charge in [0.05, 0.1) is 11.4 Å². The average molecular weight is 318 g/mol. The summed E-state index contributed by atoms with van der Waals surface area (Å²) in [5.41, 5.74) is 4.67. The molecule has 0 saturated carbocycles. The molecule has 1 aromatic carbocycles. The average Bonchev–Trinajstić information content (AvgIpc) is 2.85. The van der Waals surface area contributed by atoms with Gasteiger partial charge in [0, 0.05) is 28.7 Å². The molecule has 1 aliphatic heterocycles. The molecule has 0 fully saturated rings. The number of hydrogen-bond donors (Lipinski definition) is 1. The standard InChI is InChI=1S/C15H16BrN3/c1-9(2)14-12-7-17-8-13(12)18-15(19-14)10-4-3-5-11(16)6-10/h3-6,9,17H,7-8H2,1-2H3. The third-order valence-corrected chi connectivity index (χ3v) is 3.84. The second kappa shape index (κ2) is 5.02. The van der Waals surface area contributed by atoms with E-state index < -0.39 is 0 Å². The summed E-state index contributed by atoms with van der Waals surface area (Å²) in [6, 6.07) is 8.15. The van der Waals surface area contributed by atoms with Gasteiger partial charge in [-0.3, -0.25) is 0 Å². The third kappa shape index (κ3) is 2.42. The first kappa shape index (κ1) is 12.8. The fraction of sp³-hybridized carbons (Fsp3) is 0.333. The highest BCUT2D eigenvalue weighted by Gasteiger charge is 2.20. The van der Waals surface area contributed by atoms with Gasteiger partial charge >= 0.3 is 0 Å². The van der Waals surface area contributed by atoms with Gasteiger partial charge in [-0.2, -0.15) is 0 Å². The Morgan fingerprint density at radius 1 is 1.21 bits per heavy atom. The first-order chi connectivity index (χ1) is 9.15. The molecule has 0 amide bonds. The van der Waals surface area contributed by atoms with E-state index in [1.807, 2.05) is 12.1 Å². The van der Waals surface area contributed by atoms with Gasteiger partial charge < -0.3 is 5.32 Å². The minimum atomic E-state index is 0.419. The van der Waals surface area contributed by atoms with Crippen molar-refractivity contribution in [3.8, 4) is 11.4 Å². The number of nitrogens with zero attached hydrogens (tertiary/aromatic N) is 2. The minimum Gasteiger partial charge on any atom is -0.307 e. The van der Waals surface area contributed by atoms with Crippen molar-refractivity contribution in [2.75, 3.05) is 0 Å². The largest absolute Gasteiger partial charge is 0.307 e. The Kier molecular flexibility index (Phi) is 3.37. The van der Waals surface area contributed by atoms with E-state index in [9.17, 15) is 0 Å². The Morgan fingerprint density at radius 2 is 2.05 bits per heavy atom. The van der Waals surface area contributed by atoms with Crippen molar-refractivity contribution >= 4 is 15.9 Å². The van der Waals surface area contributed by atoms with Crippen molar-refractivity contribution in [1.82, 2.24) is 15.3 Å². The zero-order valence-corrected chi connectivity index (χ0v) is 12.7. The van der Waals surface area contributed by atoms with Crippen LogP contribution in [0, 0.1) is 0 Å². The molecule has 0 atom stereocenters. The molecular formula is C15H16BrN3. The molecule has 0 saturated heterocycles. The topological polar surface area (TPSA) is 37.8 Å². The smallest absolute Gasteiger partial charge is 0.159 e. The maximum atomic E-state index is 4.78. The predicted octanol–water partition coefficient (Wildman–Crippen LogP) is 3.63. The first-order valence-electron chi connectivity index (χ1n) is 6.51. The van der Waals surface area contributed by atoms with Crippen LogP contribution in [0.4, 0.5) is 0 Å². The van der Waals surface area contributed by atoms with Gasteiger partial charge in [-0.1, -0.05) is 41.9 Å². The summed E-state index contributed by atoms with van der Waals surface area (Å²) in [5.74, 6) is 1.25. The Labute approximate surface area is 121 Å².